The second-order valence-corrected chi connectivity index (χ2v) is 5.81. The molecule has 1 amide bonds. The molecule has 1 saturated heterocycles. The van der Waals surface area contributed by atoms with Crippen LogP contribution in [0.1, 0.15) is 6.42 Å². The molecule has 0 bridgehead atoms. The maximum Gasteiger partial charge on any atom is 0.244 e. The third-order valence-corrected chi connectivity index (χ3v) is 4.33. The van der Waals surface area contributed by atoms with E-state index < -0.39 is 0 Å². The molecule has 0 unspecified atom stereocenters. The van der Waals surface area contributed by atoms with Gasteiger partial charge in [0.2, 0.25) is 5.91 Å². The minimum absolute atomic E-state index is 0.137. The van der Waals surface area contributed by atoms with Gasteiger partial charge in [-0.05, 0) is 24.3 Å². The van der Waals surface area contributed by atoms with Crippen molar-refractivity contribution >= 4 is 28.7 Å². The Balaban J connectivity index is 1.75. The second kappa shape index (κ2) is 5.61. The standard InChI is InChI=1S/C13H16N4OS/c18-13(16-6-3-8-19-9-7-16)10-17-12-5-2-1-4-11(12)14-15-17/h1-2,4-5H,3,6-10H2. The highest BCUT2D eigenvalue weighted by Crippen LogP contribution is 2.12. The number of fused-ring (bicyclic) bond motifs is 1. The van der Waals surface area contributed by atoms with Gasteiger partial charge in [-0.1, -0.05) is 17.3 Å². The fraction of sp³-hybridized carbons (Fsp3) is 0.462. The number of rotatable bonds is 2. The highest BCUT2D eigenvalue weighted by Gasteiger charge is 2.17. The van der Waals surface area contributed by atoms with E-state index in [-0.39, 0.29) is 12.5 Å². The van der Waals surface area contributed by atoms with Gasteiger partial charge in [-0.3, -0.25) is 4.79 Å². The molecular formula is C13H16N4OS. The number of benzene rings is 1. The summed E-state index contributed by atoms with van der Waals surface area (Å²) in [5.74, 6) is 2.32. The Morgan fingerprint density at radius 2 is 2.16 bits per heavy atom. The van der Waals surface area contributed by atoms with E-state index in [0.29, 0.717) is 0 Å². The lowest BCUT2D eigenvalue weighted by atomic mass is 10.3. The average Bonchev–Trinajstić information content (AvgIpc) is 2.66. The quantitative estimate of drug-likeness (QED) is 0.832. The molecule has 100 valence electrons. The summed E-state index contributed by atoms with van der Waals surface area (Å²) in [5, 5.41) is 8.14. The molecule has 0 atom stereocenters. The molecule has 3 rings (SSSR count). The van der Waals surface area contributed by atoms with E-state index in [4.69, 9.17) is 0 Å². The summed E-state index contributed by atoms with van der Waals surface area (Å²) in [6, 6.07) is 7.72. The highest BCUT2D eigenvalue weighted by molar-refractivity contribution is 7.99. The minimum Gasteiger partial charge on any atom is -0.340 e. The predicted molar refractivity (Wildman–Crippen MR) is 76.1 cm³/mol. The molecule has 0 N–H and O–H groups in total. The van der Waals surface area contributed by atoms with Crippen molar-refractivity contribution in [2.24, 2.45) is 0 Å². The van der Waals surface area contributed by atoms with Gasteiger partial charge in [0.1, 0.15) is 12.1 Å². The lowest BCUT2D eigenvalue weighted by Crippen LogP contribution is -2.35. The average molecular weight is 276 g/mol. The van der Waals surface area contributed by atoms with Crippen LogP contribution in [-0.4, -0.2) is 50.4 Å². The van der Waals surface area contributed by atoms with Gasteiger partial charge in [0.25, 0.3) is 0 Å². The van der Waals surface area contributed by atoms with Crippen molar-refractivity contribution in [3.63, 3.8) is 0 Å². The maximum absolute atomic E-state index is 12.3. The molecule has 2 aromatic rings. The van der Waals surface area contributed by atoms with Gasteiger partial charge in [-0.25, -0.2) is 4.68 Å². The highest BCUT2D eigenvalue weighted by atomic mass is 32.2. The number of hydrogen-bond acceptors (Lipinski definition) is 4. The molecule has 5 nitrogen and oxygen atoms in total. The molecule has 1 fully saturated rings. The summed E-state index contributed by atoms with van der Waals surface area (Å²) >= 11 is 1.92. The smallest absolute Gasteiger partial charge is 0.244 e. The zero-order chi connectivity index (χ0) is 13.1. The Morgan fingerprint density at radius 3 is 3.11 bits per heavy atom. The fourth-order valence-corrected chi connectivity index (χ4v) is 3.14. The van der Waals surface area contributed by atoms with E-state index in [0.717, 1.165) is 42.0 Å². The molecule has 2 heterocycles. The number of thioether (sulfide) groups is 1. The van der Waals surface area contributed by atoms with Gasteiger partial charge in [0.15, 0.2) is 0 Å². The van der Waals surface area contributed by atoms with Gasteiger partial charge in [0.05, 0.1) is 5.52 Å². The van der Waals surface area contributed by atoms with Crippen molar-refractivity contribution in [2.75, 3.05) is 24.6 Å². The normalized spacial score (nSPS) is 16.5. The van der Waals surface area contributed by atoms with Crippen LogP contribution in [0.2, 0.25) is 0 Å². The molecule has 0 radical (unpaired) electrons. The van der Waals surface area contributed by atoms with Crippen LogP contribution in [0.4, 0.5) is 0 Å². The van der Waals surface area contributed by atoms with Crippen LogP contribution < -0.4 is 0 Å². The molecule has 0 spiro atoms. The van der Waals surface area contributed by atoms with E-state index in [1.165, 1.54) is 0 Å². The van der Waals surface area contributed by atoms with E-state index in [2.05, 4.69) is 10.3 Å². The summed E-state index contributed by atoms with van der Waals surface area (Å²) in [6.07, 6.45) is 1.08. The van der Waals surface area contributed by atoms with Crippen LogP contribution in [0.25, 0.3) is 11.0 Å². The molecule has 1 aromatic heterocycles. The summed E-state index contributed by atoms with van der Waals surface area (Å²) in [4.78, 5) is 14.2. The van der Waals surface area contributed by atoms with Crippen LogP contribution >= 0.6 is 11.8 Å². The Morgan fingerprint density at radius 1 is 1.26 bits per heavy atom. The third kappa shape index (κ3) is 2.73. The SMILES string of the molecule is O=C(Cn1nnc2ccccc21)N1CCCSCC1. The largest absolute Gasteiger partial charge is 0.340 e. The lowest BCUT2D eigenvalue weighted by molar-refractivity contribution is -0.131. The van der Waals surface area contributed by atoms with Crippen LogP contribution in [0.15, 0.2) is 24.3 Å². The van der Waals surface area contributed by atoms with Crippen LogP contribution in [-0.2, 0) is 11.3 Å². The first-order valence-electron chi connectivity index (χ1n) is 6.48. The molecule has 6 heteroatoms. The Kier molecular flexibility index (Phi) is 3.68. The van der Waals surface area contributed by atoms with Crippen LogP contribution in [0, 0.1) is 0 Å². The van der Waals surface area contributed by atoms with E-state index in [9.17, 15) is 4.79 Å². The Bertz CT molecular complexity index is 575. The number of aromatic nitrogens is 3. The molecule has 1 aromatic carbocycles. The second-order valence-electron chi connectivity index (χ2n) is 4.58. The summed E-state index contributed by atoms with van der Waals surface area (Å²) in [6.45, 7) is 1.99. The van der Waals surface area contributed by atoms with Gasteiger partial charge in [0, 0.05) is 18.8 Å². The van der Waals surface area contributed by atoms with Gasteiger partial charge in [-0.15, -0.1) is 5.10 Å². The van der Waals surface area contributed by atoms with Crippen molar-refractivity contribution < 1.29 is 4.79 Å². The molecule has 19 heavy (non-hydrogen) atoms. The third-order valence-electron chi connectivity index (χ3n) is 3.28. The van der Waals surface area contributed by atoms with Gasteiger partial charge in [-0.2, -0.15) is 11.8 Å². The Labute approximate surface area is 116 Å². The van der Waals surface area contributed by atoms with Gasteiger partial charge < -0.3 is 4.90 Å². The number of hydrogen-bond donors (Lipinski definition) is 0. The summed E-state index contributed by atoms with van der Waals surface area (Å²) in [5.41, 5.74) is 1.75. The Hall–Kier alpha value is -1.56. The van der Waals surface area contributed by atoms with Crippen LogP contribution in [0.5, 0.6) is 0 Å². The van der Waals surface area contributed by atoms with E-state index in [1.54, 1.807) is 4.68 Å². The van der Waals surface area contributed by atoms with Crippen molar-refractivity contribution in [1.82, 2.24) is 19.9 Å². The van der Waals surface area contributed by atoms with Crippen molar-refractivity contribution in [2.45, 2.75) is 13.0 Å². The van der Waals surface area contributed by atoms with Gasteiger partial charge >= 0.3 is 0 Å². The molecular weight excluding hydrogens is 260 g/mol. The number of amides is 1. The number of para-hydroxylation sites is 1. The summed E-state index contributed by atoms with van der Waals surface area (Å²) in [7, 11) is 0. The monoisotopic (exact) mass is 276 g/mol. The van der Waals surface area contributed by atoms with Crippen molar-refractivity contribution in [1.29, 1.82) is 0 Å². The summed E-state index contributed by atoms with van der Waals surface area (Å²) < 4.78 is 1.69. The van der Waals surface area contributed by atoms with Crippen LogP contribution in [0.3, 0.4) is 0 Å². The van der Waals surface area contributed by atoms with Crippen molar-refractivity contribution in [3.05, 3.63) is 24.3 Å². The molecule has 0 aliphatic carbocycles. The predicted octanol–water partition coefficient (Wildman–Crippen LogP) is 1.40. The molecule has 0 saturated carbocycles. The topological polar surface area (TPSA) is 51.0 Å². The first-order valence-corrected chi connectivity index (χ1v) is 7.64. The lowest BCUT2D eigenvalue weighted by Gasteiger charge is -2.19. The number of carbonyl (C=O) groups is 1. The van der Waals surface area contributed by atoms with E-state index >= 15 is 0 Å². The maximum atomic E-state index is 12.3. The molecule has 1 aliphatic rings. The van der Waals surface area contributed by atoms with Crippen molar-refractivity contribution in [3.8, 4) is 0 Å². The molecule has 1 aliphatic heterocycles. The van der Waals surface area contributed by atoms with E-state index in [1.807, 2.05) is 40.9 Å². The number of nitrogens with zero attached hydrogens (tertiary/aromatic N) is 4. The minimum atomic E-state index is 0.137. The zero-order valence-electron chi connectivity index (χ0n) is 10.7. The zero-order valence-corrected chi connectivity index (χ0v) is 11.5. The number of carbonyl (C=O) groups excluding carboxylic acids is 1. The fourth-order valence-electron chi connectivity index (χ4n) is 2.26. The first kappa shape index (κ1) is 12.5. The first-order chi connectivity index (χ1) is 9.34.